The van der Waals surface area contributed by atoms with Gasteiger partial charge < -0.3 is 14.6 Å². The maximum Gasteiger partial charge on any atom is 0.122 e. The Hall–Kier alpha value is -1.10. The number of rotatable bonds is 8. The van der Waals surface area contributed by atoms with Crippen molar-refractivity contribution in [2.45, 2.75) is 13.5 Å². The van der Waals surface area contributed by atoms with E-state index in [4.69, 9.17) is 9.47 Å². The van der Waals surface area contributed by atoms with Crippen molar-refractivity contribution in [2.24, 2.45) is 0 Å². The number of aryl methyl sites for hydroxylation is 1. The minimum atomic E-state index is 0.386. The number of phenolic OH excluding ortho intramolecular Hbond substituents is 1. The van der Waals surface area contributed by atoms with Crippen molar-refractivity contribution in [1.29, 1.82) is 0 Å². The number of para-hydroxylation sites is 1. The fraction of sp³-hybridized carbons (Fsp3) is 0.571. The lowest BCUT2D eigenvalue weighted by molar-refractivity contribution is 0.110. The van der Waals surface area contributed by atoms with Crippen LogP contribution in [0.4, 0.5) is 0 Å². The highest BCUT2D eigenvalue weighted by atomic mass is 16.5. The summed E-state index contributed by atoms with van der Waals surface area (Å²) in [5.41, 5.74) is 1.85. The molecule has 0 unspecified atom stereocenters. The third-order valence-corrected chi connectivity index (χ3v) is 2.94. The predicted octanol–water partition coefficient (Wildman–Crippen LogP) is 1.80. The molecular weight excluding hydrogens is 230 g/mol. The average Bonchev–Trinajstić information content (AvgIpc) is 2.38. The third-order valence-electron chi connectivity index (χ3n) is 2.94. The van der Waals surface area contributed by atoms with E-state index >= 15 is 0 Å². The number of methoxy groups -OCH3 is 2. The Balaban J connectivity index is 2.65. The largest absolute Gasteiger partial charge is 0.507 e. The van der Waals surface area contributed by atoms with Crippen LogP contribution in [0.3, 0.4) is 0 Å². The Labute approximate surface area is 109 Å². The molecule has 0 bridgehead atoms. The smallest absolute Gasteiger partial charge is 0.122 e. The maximum absolute atomic E-state index is 10.0. The van der Waals surface area contributed by atoms with E-state index < -0.39 is 0 Å². The minimum absolute atomic E-state index is 0.386. The van der Waals surface area contributed by atoms with Crippen LogP contribution < -0.4 is 0 Å². The van der Waals surface area contributed by atoms with Crippen LogP contribution in [0.2, 0.25) is 0 Å². The first kappa shape index (κ1) is 15.0. The Kier molecular flexibility index (Phi) is 6.72. The highest BCUT2D eigenvalue weighted by Gasteiger charge is 2.09. The first-order chi connectivity index (χ1) is 8.69. The molecule has 102 valence electrons. The number of ether oxygens (including phenoxy) is 2. The van der Waals surface area contributed by atoms with Crippen molar-refractivity contribution < 1.29 is 14.6 Å². The van der Waals surface area contributed by atoms with Crippen molar-refractivity contribution in [1.82, 2.24) is 4.90 Å². The second-order valence-corrected chi connectivity index (χ2v) is 4.34. The lowest BCUT2D eigenvalue weighted by Gasteiger charge is -2.22. The molecule has 1 rings (SSSR count). The fourth-order valence-electron chi connectivity index (χ4n) is 1.80. The zero-order valence-corrected chi connectivity index (χ0v) is 11.5. The van der Waals surface area contributed by atoms with E-state index in [0.717, 1.165) is 24.2 Å². The minimum Gasteiger partial charge on any atom is -0.507 e. The van der Waals surface area contributed by atoms with Crippen molar-refractivity contribution >= 4 is 0 Å². The molecule has 0 aliphatic rings. The van der Waals surface area contributed by atoms with Gasteiger partial charge >= 0.3 is 0 Å². The first-order valence-electron chi connectivity index (χ1n) is 6.16. The molecule has 0 fully saturated rings. The van der Waals surface area contributed by atoms with Gasteiger partial charge in [0.1, 0.15) is 5.75 Å². The second-order valence-electron chi connectivity index (χ2n) is 4.34. The molecule has 1 aromatic rings. The Morgan fingerprint density at radius 1 is 1.11 bits per heavy atom. The fourth-order valence-corrected chi connectivity index (χ4v) is 1.80. The molecule has 0 saturated carbocycles. The molecule has 0 radical (unpaired) electrons. The van der Waals surface area contributed by atoms with E-state index in [1.165, 1.54) is 0 Å². The molecule has 0 aliphatic heterocycles. The molecule has 1 aromatic carbocycles. The van der Waals surface area contributed by atoms with Crippen LogP contribution in [0.1, 0.15) is 11.1 Å². The van der Waals surface area contributed by atoms with Gasteiger partial charge in [0.25, 0.3) is 0 Å². The van der Waals surface area contributed by atoms with Gasteiger partial charge in [-0.15, -0.1) is 0 Å². The quantitative estimate of drug-likeness (QED) is 0.767. The van der Waals surface area contributed by atoms with E-state index in [-0.39, 0.29) is 0 Å². The monoisotopic (exact) mass is 253 g/mol. The van der Waals surface area contributed by atoms with Gasteiger partial charge in [-0.05, 0) is 12.5 Å². The van der Waals surface area contributed by atoms with Crippen molar-refractivity contribution in [3.05, 3.63) is 29.3 Å². The molecule has 4 nitrogen and oxygen atoms in total. The van der Waals surface area contributed by atoms with E-state index in [1.807, 2.05) is 25.1 Å². The highest BCUT2D eigenvalue weighted by molar-refractivity contribution is 5.39. The second kappa shape index (κ2) is 8.08. The summed E-state index contributed by atoms with van der Waals surface area (Å²) in [6.07, 6.45) is 0. The Bertz CT molecular complexity index is 347. The first-order valence-corrected chi connectivity index (χ1v) is 6.16. The van der Waals surface area contributed by atoms with Crippen LogP contribution in [-0.4, -0.2) is 50.5 Å². The SMILES string of the molecule is COCCN(CCOC)Cc1cccc(C)c1O. The zero-order valence-electron chi connectivity index (χ0n) is 11.5. The van der Waals surface area contributed by atoms with Gasteiger partial charge in [-0.3, -0.25) is 4.90 Å². The zero-order chi connectivity index (χ0) is 13.4. The van der Waals surface area contributed by atoms with E-state index in [2.05, 4.69) is 4.90 Å². The van der Waals surface area contributed by atoms with Crippen LogP contribution in [0.25, 0.3) is 0 Å². The molecule has 0 amide bonds. The molecule has 0 heterocycles. The van der Waals surface area contributed by atoms with Gasteiger partial charge in [-0.2, -0.15) is 0 Å². The van der Waals surface area contributed by atoms with Crippen LogP contribution in [0.5, 0.6) is 5.75 Å². The van der Waals surface area contributed by atoms with Crippen molar-refractivity contribution in [3.63, 3.8) is 0 Å². The summed E-state index contributed by atoms with van der Waals surface area (Å²) in [4.78, 5) is 2.21. The summed E-state index contributed by atoms with van der Waals surface area (Å²) in [6.45, 7) is 5.63. The van der Waals surface area contributed by atoms with E-state index in [9.17, 15) is 5.11 Å². The van der Waals surface area contributed by atoms with Crippen LogP contribution in [-0.2, 0) is 16.0 Å². The van der Waals surface area contributed by atoms with Crippen LogP contribution >= 0.6 is 0 Å². The molecule has 0 aliphatic carbocycles. The van der Waals surface area contributed by atoms with Gasteiger partial charge in [0, 0.05) is 39.4 Å². The standard InChI is InChI=1S/C14H23NO3/c1-12-5-4-6-13(14(12)16)11-15(7-9-17-2)8-10-18-3/h4-6,16H,7-11H2,1-3H3. The predicted molar refractivity (Wildman–Crippen MR) is 71.9 cm³/mol. The molecule has 0 saturated heterocycles. The van der Waals surface area contributed by atoms with E-state index in [0.29, 0.717) is 25.5 Å². The van der Waals surface area contributed by atoms with Gasteiger partial charge in [0.15, 0.2) is 0 Å². The summed E-state index contributed by atoms with van der Waals surface area (Å²) in [7, 11) is 3.39. The molecule has 0 aromatic heterocycles. The molecular formula is C14H23NO3. The average molecular weight is 253 g/mol. The van der Waals surface area contributed by atoms with Gasteiger partial charge in [0.05, 0.1) is 13.2 Å². The van der Waals surface area contributed by atoms with Crippen molar-refractivity contribution in [2.75, 3.05) is 40.5 Å². The lowest BCUT2D eigenvalue weighted by Crippen LogP contribution is -2.30. The molecule has 4 heteroatoms. The molecule has 0 spiro atoms. The Morgan fingerprint density at radius 2 is 1.72 bits per heavy atom. The van der Waals surface area contributed by atoms with Crippen LogP contribution in [0.15, 0.2) is 18.2 Å². The van der Waals surface area contributed by atoms with Crippen molar-refractivity contribution in [3.8, 4) is 5.75 Å². The number of nitrogens with zero attached hydrogens (tertiary/aromatic N) is 1. The lowest BCUT2D eigenvalue weighted by atomic mass is 10.1. The molecule has 18 heavy (non-hydrogen) atoms. The van der Waals surface area contributed by atoms with Gasteiger partial charge in [0.2, 0.25) is 0 Å². The number of aromatic hydroxyl groups is 1. The molecule has 0 atom stereocenters. The van der Waals surface area contributed by atoms with Gasteiger partial charge in [-0.25, -0.2) is 0 Å². The topological polar surface area (TPSA) is 41.9 Å². The number of benzene rings is 1. The molecule has 1 N–H and O–H groups in total. The Morgan fingerprint density at radius 3 is 2.28 bits per heavy atom. The normalized spacial score (nSPS) is 11.1. The van der Waals surface area contributed by atoms with Gasteiger partial charge in [-0.1, -0.05) is 18.2 Å². The summed E-state index contributed by atoms with van der Waals surface area (Å²) < 4.78 is 10.2. The summed E-state index contributed by atoms with van der Waals surface area (Å²) in [5.74, 6) is 0.386. The number of hydrogen-bond acceptors (Lipinski definition) is 4. The maximum atomic E-state index is 10.0. The number of hydrogen-bond donors (Lipinski definition) is 1. The van der Waals surface area contributed by atoms with Crippen LogP contribution in [0, 0.1) is 6.92 Å². The summed E-state index contributed by atoms with van der Waals surface area (Å²) in [6, 6.07) is 5.83. The van der Waals surface area contributed by atoms with E-state index in [1.54, 1.807) is 14.2 Å². The summed E-state index contributed by atoms with van der Waals surface area (Å²) in [5, 5.41) is 10.0. The third kappa shape index (κ3) is 4.64. The summed E-state index contributed by atoms with van der Waals surface area (Å²) >= 11 is 0. The number of phenols is 1. The highest BCUT2D eigenvalue weighted by Crippen LogP contribution is 2.22.